The summed E-state index contributed by atoms with van der Waals surface area (Å²) in [6.07, 6.45) is -0.0452. The van der Waals surface area contributed by atoms with E-state index < -0.39 is 92.8 Å². The van der Waals surface area contributed by atoms with Gasteiger partial charge >= 0.3 is 17.9 Å². The summed E-state index contributed by atoms with van der Waals surface area (Å²) in [6.45, 7) is 6.73. The Hall–Kier alpha value is -2.76. The minimum atomic E-state index is -1.70. The van der Waals surface area contributed by atoms with Crippen molar-refractivity contribution in [3.8, 4) is 0 Å². The zero-order valence-electron chi connectivity index (χ0n) is 23.1. The molecule has 2 N–H and O–H groups in total. The zero-order valence-corrected chi connectivity index (χ0v) is 23.1. The third-order valence-corrected chi connectivity index (χ3v) is 12.2. The third-order valence-electron chi connectivity index (χ3n) is 12.2. The van der Waals surface area contributed by atoms with E-state index in [0.29, 0.717) is 18.4 Å². The predicted octanol–water partition coefficient (Wildman–Crippen LogP) is 1.63. The highest BCUT2D eigenvalue weighted by atomic mass is 16.7. The minimum absolute atomic E-state index is 0.0381. The van der Waals surface area contributed by atoms with Gasteiger partial charge in [-0.2, -0.15) is 0 Å². The smallest absolute Gasteiger partial charge is 0.335 e. The maximum atomic E-state index is 14.4. The largest absolute Gasteiger partial charge is 0.472 e. The first-order chi connectivity index (χ1) is 18.7. The fourth-order valence-corrected chi connectivity index (χ4v) is 11.0. The van der Waals surface area contributed by atoms with Gasteiger partial charge in [0.2, 0.25) is 0 Å². The molecule has 3 heterocycles. The second-order valence-electron chi connectivity index (χ2n) is 13.5. The molecule has 0 unspecified atom stereocenters. The SMILES string of the molecule is COC(=O)[C@@H](O)[C@H]1[C@@]2(C)C[C@]3(OC(C)=O)[C@H](C(=O)[C@H]2O)[C@@]24O[C@]25CC(=O)O[C@@H](c2ccoc2)[C@]5(C)CC[C@@H]4[C@]13C. The molecule has 216 valence electrons. The summed E-state index contributed by atoms with van der Waals surface area (Å²) < 4.78 is 29.2. The molecule has 12 atom stereocenters. The maximum absolute atomic E-state index is 14.4. The van der Waals surface area contributed by atoms with Gasteiger partial charge in [0.05, 0.1) is 32.0 Å². The molecule has 0 aromatic carbocycles. The number of esters is 3. The summed E-state index contributed by atoms with van der Waals surface area (Å²) in [5, 5.41) is 23.1. The third kappa shape index (κ3) is 2.40. The van der Waals surface area contributed by atoms with Crippen LogP contribution in [-0.4, -0.2) is 70.0 Å². The molecule has 1 aromatic rings. The molecule has 4 saturated carbocycles. The fraction of sp³-hybridized carbons (Fsp3) is 0.724. The van der Waals surface area contributed by atoms with E-state index in [4.69, 9.17) is 23.4 Å². The number of carbonyl (C=O) groups is 4. The Morgan fingerprint density at radius 3 is 2.55 bits per heavy atom. The van der Waals surface area contributed by atoms with Crippen LogP contribution in [0.2, 0.25) is 0 Å². The molecule has 2 saturated heterocycles. The summed E-state index contributed by atoms with van der Waals surface area (Å²) in [7, 11) is 1.16. The lowest BCUT2D eigenvalue weighted by molar-refractivity contribution is -0.186. The molecule has 7 rings (SSSR count). The Bertz CT molecular complexity index is 1360. The van der Waals surface area contributed by atoms with Gasteiger partial charge in [0.1, 0.15) is 29.0 Å². The number of methoxy groups -OCH3 is 1. The Balaban J connectivity index is 1.48. The van der Waals surface area contributed by atoms with Crippen LogP contribution in [0.5, 0.6) is 0 Å². The summed E-state index contributed by atoms with van der Waals surface area (Å²) in [6, 6.07) is 1.73. The summed E-state index contributed by atoms with van der Waals surface area (Å²) >= 11 is 0. The Morgan fingerprint density at radius 1 is 1.20 bits per heavy atom. The number of ether oxygens (including phenoxy) is 4. The topological polar surface area (TPSA) is 162 Å². The van der Waals surface area contributed by atoms with Crippen LogP contribution in [0.15, 0.2) is 23.0 Å². The highest BCUT2D eigenvalue weighted by Gasteiger charge is 3.00. The minimum Gasteiger partial charge on any atom is -0.472 e. The van der Waals surface area contributed by atoms with Gasteiger partial charge in [0.15, 0.2) is 11.9 Å². The number of hydrogen-bond acceptors (Lipinski definition) is 11. The molecule has 0 radical (unpaired) electrons. The van der Waals surface area contributed by atoms with Gasteiger partial charge in [-0.1, -0.05) is 20.8 Å². The molecule has 4 aliphatic carbocycles. The van der Waals surface area contributed by atoms with Crippen LogP contribution in [0.4, 0.5) is 0 Å². The van der Waals surface area contributed by atoms with E-state index in [0.717, 1.165) is 7.11 Å². The van der Waals surface area contributed by atoms with Gasteiger partial charge < -0.3 is 33.6 Å². The first kappa shape index (κ1) is 26.2. The second kappa shape index (κ2) is 7.35. The van der Waals surface area contributed by atoms with Crippen molar-refractivity contribution in [1.29, 1.82) is 0 Å². The lowest BCUT2D eigenvalue weighted by atomic mass is 9.48. The molecule has 2 bridgehead atoms. The summed E-state index contributed by atoms with van der Waals surface area (Å²) in [5.41, 5.74) is -6.54. The quantitative estimate of drug-likeness (QED) is 0.314. The van der Waals surface area contributed by atoms with Crippen molar-refractivity contribution in [3.63, 3.8) is 0 Å². The molecule has 6 aliphatic rings. The van der Waals surface area contributed by atoms with Gasteiger partial charge in [-0.3, -0.25) is 14.4 Å². The number of epoxide rings is 1. The molecule has 2 spiro atoms. The Labute approximate surface area is 230 Å². The van der Waals surface area contributed by atoms with E-state index in [1.807, 2.05) is 13.8 Å². The number of aliphatic hydroxyl groups is 2. The fourth-order valence-electron chi connectivity index (χ4n) is 11.0. The second-order valence-corrected chi connectivity index (χ2v) is 13.5. The maximum Gasteiger partial charge on any atom is 0.335 e. The molecule has 0 amide bonds. The average Bonchev–Trinajstić information content (AvgIpc) is 3.14. The highest BCUT2D eigenvalue weighted by Crippen LogP contribution is 2.89. The number of Topliss-reactive ketones (excluding diaryl/α,β-unsaturated/α-hetero) is 1. The van der Waals surface area contributed by atoms with Gasteiger partial charge in [0, 0.05) is 40.6 Å². The summed E-state index contributed by atoms with van der Waals surface area (Å²) in [4.78, 5) is 53.2. The van der Waals surface area contributed by atoms with Crippen molar-refractivity contribution in [2.45, 2.75) is 88.5 Å². The number of carbonyl (C=O) groups excluding carboxylic acids is 4. The van der Waals surface area contributed by atoms with E-state index >= 15 is 0 Å². The van der Waals surface area contributed by atoms with Crippen LogP contribution in [0, 0.1) is 34.0 Å². The van der Waals surface area contributed by atoms with Gasteiger partial charge in [-0.25, -0.2) is 4.79 Å². The lowest BCUT2D eigenvalue weighted by Crippen LogP contribution is -2.64. The van der Waals surface area contributed by atoms with E-state index in [9.17, 15) is 29.4 Å². The van der Waals surface area contributed by atoms with E-state index in [-0.39, 0.29) is 12.8 Å². The Morgan fingerprint density at radius 2 is 1.93 bits per heavy atom. The first-order valence-electron chi connectivity index (χ1n) is 13.8. The average molecular weight is 559 g/mol. The van der Waals surface area contributed by atoms with Gasteiger partial charge in [0.25, 0.3) is 0 Å². The molecule has 6 fully saturated rings. The number of fused-ring (bicyclic) bond motifs is 2. The van der Waals surface area contributed by atoms with Crippen LogP contribution < -0.4 is 0 Å². The number of aliphatic hydroxyl groups excluding tert-OH is 2. The number of ketones is 1. The van der Waals surface area contributed by atoms with E-state index in [1.165, 1.54) is 19.5 Å². The molecule has 1 aromatic heterocycles. The Kier molecular flexibility index (Phi) is 4.81. The van der Waals surface area contributed by atoms with Gasteiger partial charge in [-0.15, -0.1) is 0 Å². The van der Waals surface area contributed by atoms with Crippen molar-refractivity contribution in [3.05, 3.63) is 24.2 Å². The van der Waals surface area contributed by atoms with E-state index in [2.05, 4.69) is 0 Å². The number of cyclic esters (lactones) is 1. The normalized spacial score (nSPS) is 52.1. The molecule has 11 heteroatoms. The van der Waals surface area contributed by atoms with Crippen molar-refractivity contribution in [1.82, 2.24) is 0 Å². The standard InChI is InChI=1S/C29H34O11/c1-13(30)39-27-12-24(2)19(18(33)23(35)36-5)26(27,4)15-6-8-25(3)22(14-7-9-37-11-14)38-16(31)10-28(25)29(15,40-28)20(27)17(32)21(24)34/h7,9,11,15,18-22,33-34H,6,8,10,12H2,1-5H3/t15-,18+,19+,20+,21-,22+,24-,25+,26-,27+,28+,29-/m1/s1. The van der Waals surface area contributed by atoms with Crippen molar-refractivity contribution < 1.29 is 52.8 Å². The van der Waals surface area contributed by atoms with Crippen LogP contribution in [0.25, 0.3) is 0 Å². The van der Waals surface area contributed by atoms with Crippen molar-refractivity contribution in [2.75, 3.05) is 7.11 Å². The van der Waals surface area contributed by atoms with Gasteiger partial charge in [-0.05, 0) is 25.3 Å². The number of furan rings is 1. The molecular weight excluding hydrogens is 524 g/mol. The van der Waals surface area contributed by atoms with Crippen LogP contribution >= 0.6 is 0 Å². The predicted molar refractivity (Wildman–Crippen MR) is 131 cm³/mol. The monoisotopic (exact) mass is 558 g/mol. The molecule has 2 aliphatic heterocycles. The summed E-state index contributed by atoms with van der Waals surface area (Å²) in [5.74, 6) is -5.20. The van der Waals surface area contributed by atoms with Crippen molar-refractivity contribution in [2.24, 2.45) is 34.0 Å². The first-order valence-corrected chi connectivity index (χ1v) is 13.8. The van der Waals surface area contributed by atoms with Crippen molar-refractivity contribution >= 4 is 23.7 Å². The van der Waals surface area contributed by atoms with Crippen LogP contribution in [0.1, 0.15) is 65.0 Å². The number of hydrogen-bond donors (Lipinski definition) is 2. The molecule has 40 heavy (non-hydrogen) atoms. The number of rotatable bonds is 4. The molecule has 11 nitrogen and oxygen atoms in total. The van der Waals surface area contributed by atoms with E-state index in [1.54, 1.807) is 13.0 Å². The molecular formula is C29H34O11. The van der Waals surface area contributed by atoms with Crippen LogP contribution in [-0.2, 0) is 38.1 Å². The highest BCUT2D eigenvalue weighted by molar-refractivity contribution is 5.94. The zero-order chi connectivity index (χ0) is 28.8. The van der Waals surface area contributed by atoms with Crippen LogP contribution in [0.3, 0.4) is 0 Å². The lowest BCUT2D eigenvalue weighted by Gasteiger charge is -2.54.